The molecular weight excluding hydrogens is 1970 g/mol. The molecule has 0 unspecified atom stereocenters. The number of hydrogen-bond donors (Lipinski definition) is 7. The van der Waals surface area contributed by atoms with Gasteiger partial charge in [0.05, 0.1) is 40.7 Å². The zero-order chi connectivity index (χ0) is 83.7. The number of halogens is 5. The molecule has 0 radical (unpaired) electrons. The number of aromatic amines is 1. The number of nitrogen functional groups attached to an aromatic ring is 1. The second-order valence-electron chi connectivity index (χ2n) is 29.3. The Morgan fingerprint density at radius 3 is 1.27 bits per heavy atom. The van der Waals surface area contributed by atoms with Crippen LogP contribution in [0.3, 0.4) is 0 Å². The van der Waals surface area contributed by atoms with Gasteiger partial charge in [0, 0.05) is 162 Å². The first-order chi connectivity index (χ1) is 57.4. The summed E-state index contributed by atoms with van der Waals surface area (Å²) in [5, 5.41) is 0.617. The summed E-state index contributed by atoms with van der Waals surface area (Å²) in [4.78, 5) is 92.9. The number of carbonyl (C=O) groups is 5. The molecule has 0 atom stereocenters. The fourth-order valence-electron chi connectivity index (χ4n) is 16.2. The number of amides is 2. The summed E-state index contributed by atoms with van der Waals surface area (Å²) < 4.78 is 10.8. The smallest absolute Gasteiger partial charge is 1.00 e. The number of H-pyrrole nitrogens is 1. The van der Waals surface area contributed by atoms with Gasteiger partial charge in [0.2, 0.25) is 27.2 Å². The van der Waals surface area contributed by atoms with Gasteiger partial charge in [-0.25, -0.2) is 20.0 Å². The van der Waals surface area contributed by atoms with E-state index in [1.807, 2.05) is 127 Å². The molecule has 0 spiro atoms. The number of aromatic nitrogens is 5. The van der Waals surface area contributed by atoms with E-state index in [4.69, 9.17) is 44.0 Å². The van der Waals surface area contributed by atoms with Crippen LogP contribution in [-0.2, 0) is 34.9 Å². The quantitative estimate of drug-likeness (QED) is 0.00813. The van der Waals surface area contributed by atoms with Gasteiger partial charge in [0.25, 0.3) is 5.91 Å². The van der Waals surface area contributed by atoms with E-state index in [0.717, 1.165) is 143 Å². The maximum atomic E-state index is 12.1. The van der Waals surface area contributed by atoms with Gasteiger partial charge in [0.15, 0.2) is 18.2 Å². The van der Waals surface area contributed by atoms with Crippen LogP contribution in [0.4, 0.5) is 22.9 Å². The van der Waals surface area contributed by atoms with Crippen molar-refractivity contribution in [3.8, 4) is 33.4 Å². The number of piperidine rings is 9. The number of hydrogen-bond acceptors (Lipinski definition) is 20. The number of alkyl halides is 1. The number of primary amides is 2. The molecule has 0 aliphatic carbocycles. The largest absolute Gasteiger partial charge is 1.00 e. The van der Waals surface area contributed by atoms with Gasteiger partial charge < -0.3 is 60.8 Å². The number of carbonyl (C=O) groups excluding carboxylic acids is 5. The molecule has 0 saturated carbocycles. The molecule has 125 heavy (non-hydrogen) atoms. The molecule has 5 aromatic heterocycles. The Kier molecular flexibility index (Phi) is 49.4. The van der Waals surface area contributed by atoms with Crippen molar-refractivity contribution < 1.29 is 81.6 Å². The molecule has 5 aromatic carbocycles. The summed E-state index contributed by atoms with van der Waals surface area (Å²) >= 11 is 11.1. The molecule has 20 heterocycles. The molecule has 10 aromatic rings. The Balaban J connectivity index is 0.000000486. The summed E-state index contributed by atoms with van der Waals surface area (Å²) in [6, 6.07) is 67.6. The molecular formula is C93H117Cl5DbN16NaO8S-. The number of aldehydes is 1. The molecule has 9 fully saturated rings. The van der Waals surface area contributed by atoms with E-state index in [2.05, 4.69) is 150 Å². The molecule has 2 amide bonds. The summed E-state index contributed by atoms with van der Waals surface area (Å²) in [5.74, 6) is 16.8. The first kappa shape index (κ1) is 109. The van der Waals surface area contributed by atoms with Crippen LogP contribution in [0.15, 0.2) is 242 Å². The third-order valence-corrected chi connectivity index (χ3v) is 22.3. The Labute approximate surface area is 781 Å². The van der Waals surface area contributed by atoms with Crippen LogP contribution in [0.5, 0.6) is 0 Å². The molecule has 15 aliphatic rings. The van der Waals surface area contributed by atoms with Crippen molar-refractivity contribution >= 4 is 112 Å². The molecule has 15 aliphatic heterocycles. The number of hydrazine groups is 2. The van der Waals surface area contributed by atoms with Crippen LogP contribution < -0.4 is 101 Å². The van der Waals surface area contributed by atoms with E-state index in [9.17, 15) is 28.8 Å². The average Bonchev–Trinajstić information content (AvgIpc) is 0.760. The Morgan fingerprint density at radius 2 is 0.904 bits per heavy atom. The molecule has 662 valence electrons. The van der Waals surface area contributed by atoms with E-state index < -0.39 is 15.1 Å². The number of pyridine rings is 5. The van der Waals surface area contributed by atoms with Gasteiger partial charge in [-0.15, -0.1) is 11.6 Å². The number of anilines is 4. The van der Waals surface area contributed by atoms with Gasteiger partial charge >= 0.3 is 29.6 Å². The third kappa shape index (κ3) is 31.7. The Bertz CT molecular complexity index is 4950. The first-order valence-corrected chi connectivity index (χ1v) is 43.4. The maximum absolute atomic E-state index is 12.1. The van der Waals surface area contributed by atoms with E-state index in [1.165, 1.54) is 89.2 Å². The predicted molar refractivity (Wildman–Crippen MR) is 498 cm³/mol. The third-order valence-electron chi connectivity index (χ3n) is 21.8. The predicted octanol–water partition coefficient (Wildman–Crippen LogP) is 9.64. The zero-order valence-electron chi connectivity index (χ0n) is 69.5. The van der Waals surface area contributed by atoms with Crippen molar-refractivity contribution in [2.24, 2.45) is 40.8 Å². The van der Waals surface area contributed by atoms with Crippen LogP contribution in [0.1, 0.15) is 139 Å². The van der Waals surface area contributed by atoms with Crippen molar-refractivity contribution in [3.05, 3.63) is 280 Å². The number of benzene rings is 5. The van der Waals surface area contributed by atoms with E-state index in [-0.39, 0.29) is 95.0 Å². The second kappa shape index (κ2) is 56.7. The molecule has 25 rings (SSSR count). The summed E-state index contributed by atoms with van der Waals surface area (Å²) in [6.45, 7) is 12.3. The zero-order valence-corrected chi connectivity index (χ0v) is 81.5. The second-order valence-corrected chi connectivity index (χ2v) is 32.5. The topological polar surface area (TPSA) is 366 Å². The van der Waals surface area contributed by atoms with Gasteiger partial charge in [-0.3, -0.25) is 50.3 Å². The van der Waals surface area contributed by atoms with Crippen molar-refractivity contribution in [2.45, 2.75) is 111 Å². The number of fused-ring (bicyclic) bond motifs is 12. The van der Waals surface area contributed by atoms with Crippen molar-refractivity contribution in [1.82, 2.24) is 29.7 Å². The van der Waals surface area contributed by atoms with E-state index in [1.54, 1.807) is 47.6 Å². The number of rotatable bonds is 9. The number of allylic oxidation sites excluding steroid dienone is 1. The molecule has 9 saturated heterocycles. The van der Waals surface area contributed by atoms with Crippen LogP contribution in [0, 0.1) is 11.8 Å². The van der Waals surface area contributed by atoms with E-state index in [0.29, 0.717) is 46.3 Å². The van der Waals surface area contributed by atoms with Crippen molar-refractivity contribution in [3.63, 3.8) is 0 Å². The first-order valence-electron chi connectivity index (χ1n) is 39.7. The van der Waals surface area contributed by atoms with Crippen molar-refractivity contribution in [2.75, 3.05) is 98.0 Å². The average molecular weight is 2090 g/mol. The standard InChI is InChI=1S/C16H15ClN2.C16H18N4.C16H16N2O.C14H15NO.C7H8N2O.C7H11NO.C7H6O.C5H5N.C2H4ClNO.3CH4.Cl2OS.ClH.Db.H4N2.Na.H2O.H/c17-14-10-13(11-4-2-1-3-5-11)16-15(18-14)12-6-8-19(16)9-7-12;17-19-14-10-13(11-4-2-1-3-5-11)16-15(18-14)12-6-8-20(16)9-7-12;19-14-10-13(11-4-2-1-3-5-11)16-15(17-14)12-6-8-18(16)9-7-12;16-14-12-6-8-15(9-7-12)13(14)10-11-4-2-1-3-5-11;8-7(10)6-9-4-2-1-3-5-9;9-7-5-8-3-1-6(7)2-4-8;8-6-7-4-2-1-3-5-7;1-2-4-6-5-3-1;3-1-2(4)5;;;;1-4(2)3;;;1-2;;;/h1-5,10,12H,6-9H2;1-5,10,12H,6-9,17H2,(H,18,19);1-5,10,12H,6-9H2,(H,17,19);1-5,10,12H,6-9H2;1-5H,6H2,(H-,8,10);6H,1-5H2;1-6H;1-5H;1H2,(H2,4,5);3*1H4;;1H;;1-2H2;;1H2;/q;;;;;;;;;;;;;;;;+1;;-1/p-1/b;;;13-10-;;;;;;;;;;;;;;;/i;;;;;;;;;;;;;;;;;;1+1. The summed E-state index contributed by atoms with van der Waals surface area (Å²) in [7, 11) is 7.36. The van der Waals surface area contributed by atoms with Crippen molar-refractivity contribution in [1.29, 1.82) is 0 Å². The Hall–Kier alpha value is -10.3. The van der Waals surface area contributed by atoms with Crippen LogP contribution in [0.2, 0.25) is 5.15 Å². The SMILES string of the molecule is C.C.C.Clc1cc(-c2ccccc2)c2c(n1)C1CCN2CC1.NC(=O)CCl.NC(=O)C[n+]1ccccc1.NN.NNc1cc(-c2ccccc2)c2c(n1)C1CCN2CC1.O=C1/C(=C/c2ccccc2)N2CCC1CC2.O=C1CN2CCC1CC2.O=Cc1ccccc1.O=S(Cl)Cl.O=c1cc(-c2ccccc2)c2c([nH]1)C1CCN2CC1.[2H-].[Cl-].[Db].[Na+].[OH-].c1ccncc1. The normalized spacial score (nSPS) is 16.3. The molecule has 10 bridgehead atoms. The minimum absolute atomic E-state index is 0. The number of nitrogens with zero attached hydrogens (tertiary/aromatic N) is 9. The van der Waals surface area contributed by atoms with Crippen LogP contribution >= 0.6 is 44.6 Å². The van der Waals surface area contributed by atoms with Crippen LogP contribution in [-0.4, -0.2) is 147 Å². The number of ketones is 2. The minimum atomic E-state index is -1.67. The number of Topliss-reactive ketones (excluding diaryl/α,β-unsaturated/α-hetero) is 2. The summed E-state index contributed by atoms with van der Waals surface area (Å²) in [6.07, 6.45) is 21.5. The monoisotopic (exact) mass is 2080 g/mol. The Morgan fingerprint density at radius 1 is 0.528 bits per heavy atom. The fraction of sp³-hybridized carbons (Fsp3) is 0.333. The van der Waals surface area contributed by atoms with Gasteiger partial charge in [0.1, 0.15) is 28.9 Å². The minimum Gasteiger partial charge on any atom is -1.00 e. The summed E-state index contributed by atoms with van der Waals surface area (Å²) in [5.41, 5.74) is 29.6. The van der Waals surface area contributed by atoms with Gasteiger partial charge in [-0.05, 0) is 130 Å². The fourth-order valence-corrected chi connectivity index (χ4v) is 16.4. The van der Waals surface area contributed by atoms with Gasteiger partial charge in [-0.2, -0.15) is 4.57 Å². The molecule has 24 nitrogen and oxygen atoms in total. The maximum Gasteiger partial charge on any atom is 1.00 e. The van der Waals surface area contributed by atoms with Crippen LogP contribution in [0.25, 0.3) is 39.5 Å². The number of nitrogens with two attached hydrogens (primary N) is 5. The van der Waals surface area contributed by atoms with Gasteiger partial charge in [-0.1, -0.05) is 198 Å². The van der Waals surface area contributed by atoms with E-state index >= 15 is 0 Å². The molecule has 13 N–H and O–H groups in total. The number of nitrogens with one attached hydrogen (secondary N) is 2. The molecule has 32 heteroatoms.